The van der Waals surface area contributed by atoms with Gasteiger partial charge in [0.2, 0.25) is 0 Å². The Morgan fingerprint density at radius 3 is 2.51 bits per heavy atom. The molecule has 0 spiro atoms. The third kappa shape index (κ3) is 7.16. The summed E-state index contributed by atoms with van der Waals surface area (Å²) < 4.78 is 25.1. The Hall–Kier alpha value is -4.16. The number of benzene rings is 3. The van der Waals surface area contributed by atoms with E-state index in [9.17, 15) is 19.2 Å². The van der Waals surface area contributed by atoms with E-state index in [1.807, 2.05) is 36.4 Å². The molecule has 7 nitrogen and oxygen atoms in total. The highest BCUT2D eigenvalue weighted by Gasteiger charge is 2.16. The second-order valence-corrected chi connectivity index (χ2v) is 8.04. The van der Waals surface area contributed by atoms with Crippen LogP contribution in [-0.4, -0.2) is 25.5 Å². The first-order chi connectivity index (χ1) is 16.9. The molecule has 35 heavy (non-hydrogen) atoms. The maximum Gasteiger partial charge on any atom is 0.262 e. The summed E-state index contributed by atoms with van der Waals surface area (Å²) in [6, 6.07) is 20.2. The summed E-state index contributed by atoms with van der Waals surface area (Å²) in [5, 5.41) is 14.6. The van der Waals surface area contributed by atoms with Gasteiger partial charge < -0.3 is 20.1 Å². The second-order valence-electron chi connectivity index (χ2n) is 7.19. The number of para-hydroxylation sites is 1. The number of amides is 2. The third-order valence-electron chi connectivity index (χ3n) is 4.72. The molecule has 178 valence electrons. The molecule has 0 aromatic heterocycles. The van der Waals surface area contributed by atoms with E-state index < -0.39 is 24.2 Å². The van der Waals surface area contributed by atoms with Crippen molar-refractivity contribution in [1.82, 2.24) is 5.32 Å². The molecular formula is C26H21BrFN3O4. The molecule has 0 unspecified atom stereocenters. The summed E-state index contributed by atoms with van der Waals surface area (Å²) in [6.07, 6.45) is 1.42. The van der Waals surface area contributed by atoms with Gasteiger partial charge in [0.1, 0.15) is 17.5 Å². The number of nitriles is 1. The van der Waals surface area contributed by atoms with Gasteiger partial charge in [0.05, 0.1) is 17.3 Å². The van der Waals surface area contributed by atoms with Gasteiger partial charge in [-0.1, -0.05) is 42.5 Å². The van der Waals surface area contributed by atoms with E-state index in [0.29, 0.717) is 10.0 Å². The number of hydrogen-bond acceptors (Lipinski definition) is 5. The highest BCUT2D eigenvalue weighted by molar-refractivity contribution is 9.10. The van der Waals surface area contributed by atoms with Crippen molar-refractivity contribution < 1.29 is 23.5 Å². The van der Waals surface area contributed by atoms with Crippen LogP contribution >= 0.6 is 15.9 Å². The fraction of sp³-hybridized carbons (Fsp3) is 0.115. The van der Waals surface area contributed by atoms with Gasteiger partial charge in [-0.15, -0.1) is 0 Å². The van der Waals surface area contributed by atoms with E-state index in [4.69, 9.17) is 9.47 Å². The van der Waals surface area contributed by atoms with Crippen LogP contribution in [0.25, 0.3) is 6.08 Å². The van der Waals surface area contributed by atoms with E-state index in [2.05, 4.69) is 26.6 Å². The van der Waals surface area contributed by atoms with Crippen LogP contribution in [0.1, 0.15) is 11.1 Å². The van der Waals surface area contributed by atoms with Gasteiger partial charge in [0, 0.05) is 6.54 Å². The highest BCUT2D eigenvalue weighted by Crippen LogP contribution is 2.37. The van der Waals surface area contributed by atoms with Crippen LogP contribution in [0.3, 0.4) is 0 Å². The monoisotopic (exact) mass is 537 g/mol. The van der Waals surface area contributed by atoms with E-state index in [-0.39, 0.29) is 29.3 Å². The molecule has 9 heteroatoms. The molecule has 0 saturated carbocycles. The fourth-order valence-corrected chi connectivity index (χ4v) is 3.61. The molecule has 3 aromatic rings. The normalized spacial score (nSPS) is 10.7. The van der Waals surface area contributed by atoms with Crippen LogP contribution in [0, 0.1) is 17.1 Å². The first kappa shape index (κ1) is 25.5. The second kappa shape index (κ2) is 12.3. The minimum atomic E-state index is -0.560. The number of nitrogens with zero attached hydrogens (tertiary/aromatic N) is 1. The lowest BCUT2D eigenvalue weighted by molar-refractivity contribution is -0.118. The third-order valence-corrected chi connectivity index (χ3v) is 5.31. The molecule has 3 aromatic carbocycles. The predicted octanol–water partition coefficient (Wildman–Crippen LogP) is 4.84. The number of rotatable bonds is 9. The summed E-state index contributed by atoms with van der Waals surface area (Å²) in [5.74, 6) is -1.13. The molecule has 0 bridgehead atoms. The van der Waals surface area contributed by atoms with Crippen molar-refractivity contribution >= 4 is 39.5 Å². The molecule has 0 fully saturated rings. The van der Waals surface area contributed by atoms with Crippen LogP contribution in [0.4, 0.5) is 10.1 Å². The van der Waals surface area contributed by atoms with Gasteiger partial charge in [0.25, 0.3) is 11.8 Å². The number of halogens is 2. The highest BCUT2D eigenvalue weighted by atomic mass is 79.9. The van der Waals surface area contributed by atoms with Crippen LogP contribution in [0.2, 0.25) is 0 Å². The molecule has 0 saturated heterocycles. The largest absolute Gasteiger partial charge is 0.493 e. The maximum atomic E-state index is 13.7. The van der Waals surface area contributed by atoms with Crippen LogP contribution in [-0.2, 0) is 16.1 Å². The lowest BCUT2D eigenvalue weighted by Gasteiger charge is -2.14. The Morgan fingerprint density at radius 2 is 1.83 bits per heavy atom. The van der Waals surface area contributed by atoms with Gasteiger partial charge in [-0.25, -0.2) is 4.39 Å². The zero-order valence-corrected chi connectivity index (χ0v) is 20.3. The Bertz CT molecular complexity index is 1290. The topological polar surface area (TPSA) is 100 Å². The summed E-state index contributed by atoms with van der Waals surface area (Å²) in [5.41, 5.74) is 1.36. The lowest BCUT2D eigenvalue weighted by atomic mass is 10.1. The summed E-state index contributed by atoms with van der Waals surface area (Å²) in [4.78, 5) is 24.7. The minimum absolute atomic E-state index is 0.0437. The summed E-state index contributed by atoms with van der Waals surface area (Å²) >= 11 is 3.37. The molecule has 0 aliphatic carbocycles. The van der Waals surface area contributed by atoms with Crippen molar-refractivity contribution in [3.05, 3.63) is 93.7 Å². The van der Waals surface area contributed by atoms with Gasteiger partial charge in [-0.05, 0) is 57.4 Å². The van der Waals surface area contributed by atoms with Crippen LogP contribution < -0.4 is 20.1 Å². The Kier molecular flexibility index (Phi) is 8.98. The summed E-state index contributed by atoms with van der Waals surface area (Å²) in [7, 11) is 1.42. The molecule has 0 heterocycles. The van der Waals surface area contributed by atoms with Crippen molar-refractivity contribution in [1.29, 1.82) is 5.26 Å². The fourth-order valence-electron chi connectivity index (χ4n) is 3.04. The predicted molar refractivity (Wildman–Crippen MR) is 133 cm³/mol. The van der Waals surface area contributed by atoms with Gasteiger partial charge >= 0.3 is 0 Å². The number of nitrogens with one attached hydrogen (secondary N) is 2. The van der Waals surface area contributed by atoms with Crippen molar-refractivity contribution in [2.24, 2.45) is 0 Å². The molecule has 0 aliphatic heterocycles. The maximum absolute atomic E-state index is 13.7. The van der Waals surface area contributed by atoms with Crippen molar-refractivity contribution in [3.63, 3.8) is 0 Å². The molecule has 2 N–H and O–H groups in total. The van der Waals surface area contributed by atoms with Crippen molar-refractivity contribution in [3.8, 4) is 17.6 Å². The summed E-state index contributed by atoms with van der Waals surface area (Å²) in [6.45, 7) is -0.114. The smallest absolute Gasteiger partial charge is 0.262 e. The van der Waals surface area contributed by atoms with Crippen LogP contribution in [0.5, 0.6) is 11.5 Å². The zero-order valence-electron chi connectivity index (χ0n) is 18.7. The van der Waals surface area contributed by atoms with Gasteiger partial charge in [-0.2, -0.15) is 5.26 Å². The molecule has 0 radical (unpaired) electrons. The number of methoxy groups -OCH3 is 1. The Morgan fingerprint density at radius 1 is 1.11 bits per heavy atom. The van der Waals surface area contributed by atoms with Crippen molar-refractivity contribution in [2.45, 2.75) is 6.54 Å². The van der Waals surface area contributed by atoms with Gasteiger partial charge in [0.15, 0.2) is 18.1 Å². The molecule has 0 aliphatic rings. The van der Waals surface area contributed by atoms with Gasteiger partial charge in [-0.3, -0.25) is 9.59 Å². The number of carbonyl (C=O) groups excluding carboxylic acids is 2. The Balaban J connectivity index is 1.70. The van der Waals surface area contributed by atoms with E-state index in [1.165, 1.54) is 31.4 Å². The molecule has 2 amide bonds. The van der Waals surface area contributed by atoms with E-state index >= 15 is 0 Å². The number of ether oxygens (including phenoxy) is 2. The molecular weight excluding hydrogens is 517 g/mol. The Labute approximate surface area is 210 Å². The number of anilines is 1. The lowest BCUT2D eigenvalue weighted by Crippen LogP contribution is -2.23. The standard InChI is InChI=1S/C26H21BrFN3O4/c1-34-23-13-18(11-19(14-29)26(33)30-15-17-7-3-2-4-8-17)12-20(27)25(23)35-16-24(32)31-22-10-6-5-9-21(22)28/h2-13H,15-16H2,1H3,(H,30,33)(H,31,32)/b19-11+. The first-order valence-corrected chi connectivity index (χ1v) is 11.2. The SMILES string of the molecule is COc1cc(/C=C(\C#N)C(=O)NCc2ccccc2)cc(Br)c1OCC(=O)Nc1ccccc1F. The molecule has 0 atom stereocenters. The minimum Gasteiger partial charge on any atom is -0.493 e. The van der Waals surface area contributed by atoms with Crippen LogP contribution in [0.15, 0.2) is 76.8 Å². The van der Waals surface area contributed by atoms with E-state index in [0.717, 1.165) is 5.56 Å². The van der Waals surface area contributed by atoms with E-state index in [1.54, 1.807) is 18.2 Å². The first-order valence-electron chi connectivity index (χ1n) is 10.4. The zero-order chi connectivity index (χ0) is 25.2. The quantitative estimate of drug-likeness (QED) is 0.300. The number of hydrogen-bond donors (Lipinski definition) is 2. The average molecular weight is 538 g/mol. The molecule has 3 rings (SSSR count). The number of carbonyl (C=O) groups is 2. The average Bonchev–Trinajstić information content (AvgIpc) is 2.86. The van der Waals surface area contributed by atoms with Crippen molar-refractivity contribution in [2.75, 3.05) is 19.0 Å².